The molecule has 2 aromatic carbocycles. The van der Waals surface area contributed by atoms with Gasteiger partial charge in [-0.2, -0.15) is 5.10 Å². The topological polar surface area (TPSA) is 118 Å². The van der Waals surface area contributed by atoms with E-state index < -0.39 is 21.4 Å². The Bertz CT molecular complexity index is 1470. The van der Waals surface area contributed by atoms with Crippen molar-refractivity contribution in [1.82, 2.24) is 9.78 Å². The van der Waals surface area contributed by atoms with Gasteiger partial charge in [-0.15, -0.1) is 0 Å². The average molecular weight is 454 g/mol. The zero-order valence-corrected chi connectivity index (χ0v) is 18.0. The molecule has 0 aliphatic heterocycles. The standard InChI is InChI=1S/C22H18N2O7S/c1-29-16-3-5-17(6-4-16)32(27,28)18-7-8-19-15(11-18)12-23-24(21(19)25)13-14-9-10-31-20(14)22(26)30-2/h3-12H,13H2,1-2H3. The SMILES string of the molecule is COC(=O)c1occc1Cn1ncc2cc(S(=O)(=O)c3ccc(OC)cc3)ccc2c1=O. The largest absolute Gasteiger partial charge is 0.497 e. The molecule has 0 fully saturated rings. The Morgan fingerprint density at radius 2 is 1.78 bits per heavy atom. The summed E-state index contributed by atoms with van der Waals surface area (Å²) in [7, 11) is -1.07. The van der Waals surface area contributed by atoms with Crippen molar-refractivity contribution in [1.29, 1.82) is 0 Å². The molecule has 0 saturated heterocycles. The van der Waals surface area contributed by atoms with E-state index in [1.54, 1.807) is 18.2 Å². The van der Waals surface area contributed by atoms with E-state index in [2.05, 4.69) is 9.84 Å². The number of sulfone groups is 1. The molecule has 2 heterocycles. The first kappa shape index (κ1) is 21.3. The average Bonchev–Trinajstić information content (AvgIpc) is 3.28. The number of nitrogens with zero attached hydrogens (tertiary/aromatic N) is 2. The van der Waals surface area contributed by atoms with Gasteiger partial charge in [0, 0.05) is 10.9 Å². The number of benzene rings is 2. The molecule has 0 bridgehead atoms. The zero-order chi connectivity index (χ0) is 22.9. The molecule has 164 valence electrons. The minimum absolute atomic E-state index is 0.0118. The predicted octanol–water partition coefficient (Wildman–Crippen LogP) is 2.67. The third-order valence-electron chi connectivity index (χ3n) is 4.94. The summed E-state index contributed by atoms with van der Waals surface area (Å²) in [6.45, 7) is -0.0123. The van der Waals surface area contributed by atoms with Gasteiger partial charge < -0.3 is 13.9 Å². The number of carbonyl (C=O) groups excluding carboxylic acids is 1. The fourth-order valence-electron chi connectivity index (χ4n) is 3.23. The van der Waals surface area contributed by atoms with Gasteiger partial charge in [-0.1, -0.05) is 0 Å². The lowest BCUT2D eigenvalue weighted by molar-refractivity contribution is 0.0563. The van der Waals surface area contributed by atoms with Crippen LogP contribution in [0.25, 0.3) is 10.8 Å². The third-order valence-corrected chi connectivity index (χ3v) is 6.71. The van der Waals surface area contributed by atoms with Crippen molar-refractivity contribution in [3.05, 3.63) is 82.7 Å². The Kier molecular flexibility index (Phi) is 5.54. The summed E-state index contributed by atoms with van der Waals surface area (Å²) in [5.41, 5.74) is -0.00239. The van der Waals surface area contributed by atoms with E-state index in [1.807, 2.05) is 0 Å². The molecule has 0 atom stereocenters. The Morgan fingerprint density at radius 1 is 1.06 bits per heavy atom. The summed E-state index contributed by atoms with van der Waals surface area (Å²) in [6.07, 6.45) is 2.73. The highest BCUT2D eigenvalue weighted by Crippen LogP contribution is 2.25. The molecule has 0 radical (unpaired) electrons. The van der Waals surface area contributed by atoms with Gasteiger partial charge >= 0.3 is 5.97 Å². The van der Waals surface area contributed by atoms with Gasteiger partial charge in [-0.3, -0.25) is 4.79 Å². The molecule has 0 saturated carbocycles. The second kappa shape index (κ2) is 8.31. The maximum absolute atomic E-state index is 13.0. The summed E-state index contributed by atoms with van der Waals surface area (Å²) < 4.78 is 42.0. The monoisotopic (exact) mass is 454 g/mol. The Balaban J connectivity index is 1.70. The predicted molar refractivity (Wildman–Crippen MR) is 114 cm³/mol. The van der Waals surface area contributed by atoms with Crippen LogP contribution in [0.15, 0.2) is 80.0 Å². The summed E-state index contributed by atoms with van der Waals surface area (Å²) >= 11 is 0. The van der Waals surface area contributed by atoms with Gasteiger partial charge in [0.2, 0.25) is 15.6 Å². The number of fused-ring (bicyclic) bond motifs is 1. The molecule has 10 heteroatoms. The lowest BCUT2D eigenvalue weighted by Crippen LogP contribution is -2.24. The van der Waals surface area contributed by atoms with Crippen molar-refractivity contribution >= 4 is 26.6 Å². The number of rotatable bonds is 6. The Hall–Kier alpha value is -3.92. The molecule has 0 spiro atoms. The van der Waals surface area contributed by atoms with Gasteiger partial charge in [0.15, 0.2) is 0 Å². The Labute approximate surface area is 182 Å². The minimum Gasteiger partial charge on any atom is -0.497 e. The zero-order valence-electron chi connectivity index (χ0n) is 17.1. The number of hydrogen-bond donors (Lipinski definition) is 0. The van der Waals surface area contributed by atoms with Crippen LogP contribution in [0.4, 0.5) is 0 Å². The first-order valence-electron chi connectivity index (χ1n) is 9.39. The Morgan fingerprint density at radius 3 is 2.47 bits per heavy atom. The van der Waals surface area contributed by atoms with Crippen LogP contribution in [0.1, 0.15) is 16.1 Å². The number of aromatic nitrogens is 2. The van der Waals surface area contributed by atoms with Gasteiger partial charge in [0.05, 0.1) is 48.4 Å². The van der Waals surface area contributed by atoms with Crippen LogP contribution in [0.3, 0.4) is 0 Å². The molecule has 0 amide bonds. The van der Waals surface area contributed by atoms with Crippen molar-refractivity contribution in [2.45, 2.75) is 16.3 Å². The number of carbonyl (C=O) groups is 1. The minimum atomic E-state index is -3.79. The van der Waals surface area contributed by atoms with E-state index in [-0.39, 0.29) is 27.5 Å². The summed E-state index contributed by atoms with van der Waals surface area (Å²) in [5.74, 6) is -0.130. The number of esters is 1. The molecule has 0 aliphatic rings. The molecule has 4 rings (SSSR count). The van der Waals surface area contributed by atoms with E-state index in [4.69, 9.17) is 9.15 Å². The number of ether oxygens (including phenoxy) is 2. The second-order valence-electron chi connectivity index (χ2n) is 6.80. The first-order chi connectivity index (χ1) is 15.3. The highest BCUT2D eigenvalue weighted by atomic mass is 32.2. The highest BCUT2D eigenvalue weighted by molar-refractivity contribution is 7.91. The molecule has 2 aromatic heterocycles. The summed E-state index contributed by atoms with van der Waals surface area (Å²) in [4.78, 5) is 24.8. The molecule has 9 nitrogen and oxygen atoms in total. The van der Waals surface area contributed by atoms with Gasteiger partial charge in [-0.25, -0.2) is 17.9 Å². The van der Waals surface area contributed by atoms with Crippen molar-refractivity contribution in [3.8, 4) is 5.75 Å². The fraction of sp³-hybridized carbons (Fsp3) is 0.136. The molecule has 0 N–H and O–H groups in total. The molecular weight excluding hydrogens is 436 g/mol. The van der Waals surface area contributed by atoms with E-state index in [0.717, 1.165) is 4.68 Å². The fourth-order valence-corrected chi connectivity index (χ4v) is 4.53. The lowest BCUT2D eigenvalue weighted by atomic mass is 10.2. The van der Waals surface area contributed by atoms with Crippen molar-refractivity contribution in [3.63, 3.8) is 0 Å². The van der Waals surface area contributed by atoms with Gasteiger partial charge in [0.1, 0.15) is 5.75 Å². The molecular formula is C22H18N2O7S. The number of hydrogen-bond acceptors (Lipinski definition) is 8. The van der Waals surface area contributed by atoms with Crippen LogP contribution in [-0.4, -0.2) is 38.4 Å². The molecule has 32 heavy (non-hydrogen) atoms. The van der Waals surface area contributed by atoms with Crippen molar-refractivity contribution in [2.24, 2.45) is 0 Å². The maximum Gasteiger partial charge on any atom is 0.374 e. The van der Waals surface area contributed by atoms with Crippen LogP contribution in [-0.2, 0) is 21.1 Å². The van der Waals surface area contributed by atoms with Crippen LogP contribution in [0.2, 0.25) is 0 Å². The molecule has 0 aliphatic carbocycles. The molecule has 4 aromatic rings. The number of methoxy groups -OCH3 is 2. The van der Waals surface area contributed by atoms with Gasteiger partial charge in [0.25, 0.3) is 5.56 Å². The quantitative estimate of drug-likeness (QED) is 0.408. The van der Waals surface area contributed by atoms with E-state index in [1.165, 1.54) is 57.0 Å². The number of furan rings is 1. The summed E-state index contributed by atoms with van der Waals surface area (Å²) in [6, 6.07) is 11.8. The van der Waals surface area contributed by atoms with Gasteiger partial charge in [-0.05, 0) is 48.5 Å². The molecule has 0 unspecified atom stereocenters. The van der Waals surface area contributed by atoms with Crippen LogP contribution in [0, 0.1) is 0 Å². The van der Waals surface area contributed by atoms with E-state index in [0.29, 0.717) is 16.7 Å². The van der Waals surface area contributed by atoms with Crippen molar-refractivity contribution < 1.29 is 27.1 Å². The normalized spacial score (nSPS) is 11.4. The summed E-state index contributed by atoms with van der Waals surface area (Å²) in [5, 5.41) is 4.79. The maximum atomic E-state index is 13.0. The lowest BCUT2D eigenvalue weighted by Gasteiger charge is -2.09. The van der Waals surface area contributed by atoms with Crippen LogP contribution >= 0.6 is 0 Å². The second-order valence-corrected chi connectivity index (χ2v) is 8.75. The van der Waals surface area contributed by atoms with E-state index in [9.17, 15) is 18.0 Å². The smallest absolute Gasteiger partial charge is 0.374 e. The van der Waals surface area contributed by atoms with Crippen molar-refractivity contribution in [2.75, 3.05) is 14.2 Å². The van der Waals surface area contributed by atoms with Crippen LogP contribution in [0.5, 0.6) is 5.75 Å². The third kappa shape index (κ3) is 3.76. The first-order valence-corrected chi connectivity index (χ1v) is 10.9. The van der Waals surface area contributed by atoms with Crippen LogP contribution < -0.4 is 10.3 Å². The highest BCUT2D eigenvalue weighted by Gasteiger charge is 2.20. The van der Waals surface area contributed by atoms with E-state index >= 15 is 0 Å².